The number of aliphatic carboxylic acids is 4. The molecular formula is C64H76N4O20Rh2. The predicted molar refractivity (Wildman–Crippen MR) is 316 cm³/mol. The number of fused-ring (bicyclic) bond motifs is 4. The normalized spacial score (nSPS) is 14.9. The van der Waals surface area contributed by atoms with E-state index in [1.807, 2.05) is 0 Å². The Labute approximate surface area is 547 Å². The van der Waals surface area contributed by atoms with Crippen LogP contribution in [0.1, 0.15) is 194 Å². The number of imide groups is 4. The molecule has 26 heteroatoms. The van der Waals surface area contributed by atoms with Gasteiger partial charge in [-0.15, -0.1) is 0 Å². The Morgan fingerprint density at radius 3 is 0.511 bits per heavy atom. The summed E-state index contributed by atoms with van der Waals surface area (Å²) >= 11 is 0. The van der Waals surface area contributed by atoms with Crippen molar-refractivity contribution in [3.8, 4) is 0 Å². The Hall–Kier alpha value is -8.49. The maximum absolute atomic E-state index is 12.2. The maximum atomic E-state index is 12.2. The van der Waals surface area contributed by atoms with Gasteiger partial charge < -0.3 is 29.9 Å². The zero-order valence-corrected chi connectivity index (χ0v) is 56.0. The first-order valence-electron chi connectivity index (χ1n) is 27.6. The first-order valence-corrected chi connectivity index (χ1v) is 27.6. The van der Waals surface area contributed by atoms with Crippen LogP contribution in [0.4, 0.5) is 0 Å². The summed E-state index contributed by atoms with van der Waals surface area (Å²) in [5, 5.41) is 37.4. The first kappa shape index (κ1) is 79.5. The van der Waals surface area contributed by atoms with Crippen molar-refractivity contribution < 1.29 is 136 Å². The molecular weight excluding hydrogens is 1350 g/mol. The summed E-state index contributed by atoms with van der Waals surface area (Å²) in [4.78, 5) is 167. The van der Waals surface area contributed by atoms with E-state index in [4.69, 9.17) is 0 Å². The SMILES string of the molecule is CC(C)(C)[C@@H](C(=O)O)N1C(=O)c2ccccc2C1=O.CC(C)(C)[C@@H](C(=O)O)N1C(=O)c2ccccc2C1=O.CC(C)(C)[C@H](C(=O)O)N1C(=O)c2ccccc2C1=O.CC(C)(C)[C@H](C(=O)O)N1C(=O)c2ccccc2C1=O.CCOC(C)=O.CCOC(C)=O.[Rh].[Rh]. The van der Waals surface area contributed by atoms with Crippen LogP contribution in [0.3, 0.4) is 0 Å². The number of hydrogen-bond donors (Lipinski definition) is 4. The van der Waals surface area contributed by atoms with Gasteiger partial charge in [-0.05, 0) is 84.0 Å². The maximum Gasteiger partial charge on any atom is 0.327 e. The second-order valence-corrected chi connectivity index (χ2v) is 24.4. The third-order valence-electron chi connectivity index (χ3n) is 13.2. The minimum absolute atomic E-state index is 0. The van der Waals surface area contributed by atoms with Crippen molar-refractivity contribution in [3.05, 3.63) is 142 Å². The van der Waals surface area contributed by atoms with Crippen molar-refractivity contribution in [2.75, 3.05) is 13.2 Å². The monoisotopic (exact) mass is 1430 g/mol. The third kappa shape index (κ3) is 18.8. The van der Waals surface area contributed by atoms with E-state index in [-0.39, 0.29) is 95.4 Å². The molecule has 0 spiro atoms. The zero-order chi connectivity index (χ0) is 67.5. The molecule has 0 bridgehead atoms. The van der Waals surface area contributed by atoms with Crippen molar-refractivity contribution in [2.45, 2.75) is 135 Å². The van der Waals surface area contributed by atoms with Crippen LogP contribution in [0.5, 0.6) is 0 Å². The smallest absolute Gasteiger partial charge is 0.327 e. The summed E-state index contributed by atoms with van der Waals surface area (Å²) in [6.45, 7) is 27.6. The van der Waals surface area contributed by atoms with Crippen molar-refractivity contribution in [3.63, 3.8) is 0 Å². The van der Waals surface area contributed by atoms with Crippen LogP contribution < -0.4 is 0 Å². The van der Waals surface area contributed by atoms with Crippen molar-refractivity contribution in [2.24, 2.45) is 21.7 Å². The van der Waals surface area contributed by atoms with Crippen LogP contribution in [0.15, 0.2) is 97.1 Å². The Morgan fingerprint density at radius 1 is 0.322 bits per heavy atom. The van der Waals surface area contributed by atoms with Gasteiger partial charge in [0.2, 0.25) is 0 Å². The van der Waals surface area contributed by atoms with E-state index >= 15 is 0 Å². The molecule has 0 aliphatic carbocycles. The van der Waals surface area contributed by atoms with Gasteiger partial charge in [-0.25, -0.2) is 19.2 Å². The summed E-state index contributed by atoms with van der Waals surface area (Å²) in [5.41, 5.74) is -0.814. The van der Waals surface area contributed by atoms with Gasteiger partial charge in [0, 0.05) is 52.8 Å². The second-order valence-electron chi connectivity index (χ2n) is 24.4. The molecule has 0 saturated carbocycles. The number of carboxylic acids is 4. The molecule has 4 aromatic rings. The molecule has 0 unspecified atom stereocenters. The number of esters is 2. The minimum Gasteiger partial charge on any atom is -0.480 e. The van der Waals surface area contributed by atoms with Gasteiger partial charge in [-0.2, -0.15) is 0 Å². The minimum atomic E-state index is -1.18. The van der Waals surface area contributed by atoms with E-state index in [9.17, 15) is 87.5 Å². The number of rotatable bonds is 10. The number of nitrogens with zero attached hydrogens (tertiary/aromatic N) is 4. The fourth-order valence-electron chi connectivity index (χ4n) is 9.65. The van der Waals surface area contributed by atoms with Crippen LogP contribution in [0, 0.1) is 21.7 Å². The van der Waals surface area contributed by atoms with Gasteiger partial charge in [0.05, 0.1) is 57.7 Å². The van der Waals surface area contributed by atoms with Gasteiger partial charge in [0.1, 0.15) is 24.2 Å². The van der Waals surface area contributed by atoms with Crippen LogP contribution >= 0.6 is 0 Å². The summed E-state index contributed by atoms with van der Waals surface area (Å²) < 4.78 is 8.81. The molecule has 4 aliphatic rings. The number of hydrogen-bond acceptors (Lipinski definition) is 16. The van der Waals surface area contributed by atoms with Crippen LogP contribution in [0.25, 0.3) is 0 Å². The van der Waals surface area contributed by atoms with Gasteiger partial charge in [0.25, 0.3) is 47.3 Å². The molecule has 4 heterocycles. The second kappa shape index (κ2) is 32.3. The van der Waals surface area contributed by atoms with Gasteiger partial charge in [0.15, 0.2) is 0 Å². The molecule has 90 heavy (non-hydrogen) atoms. The van der Waals surface area contributed by atoms with Gasteiger partial charge in [-0.1, -0.05) is 132 Å². The molecule has 2 radical (unpaired) electrons. The molecule has 4 atom stereocenters. The molecule has 4 aliphatic heterocycles. The first-order chi connectivity index (χ1) is 40.5. The molecule has 0 aromatic heterocycles. The van der Waals surface area contributed by atoms with E-state index in [2.05, 4.69) is 9.47 Å². The largest absolute Gasteiger partial charge is 0.480 e. The number of carbonyl (C=O) groups is 14. The van der Waals surface area contributed by atoms with Crippen molar-refractivity contribution in [1.29, 1.82) is 0 Å². The topological polar surface area (TPSA) is 351 Å². The number of benzene rings is 4. The molecule has 0 saturated heterocycles. The fourth-order valence-corrected chi connectivity index (χ4v) is 9.65. The Bertz CT molecular complexity index is 2850. The zero-order valence-electron chi connectivity index (χ0n) is 52.7. The number of carbonyl (C=O) groups excluding carboxylic acids is 10. The van der Waals surface area contributed by atoms with E-state index in [0.717, 1.165) is 19.6 Å². The number of ether oxygens (including phenoxy) is 2. The van der Waals surface area contributed by atoms with Crippen molar-refractivity contribution >= 4 is 83.1 Å². The molecule has 8 amide bonds. The van der Waals surface area contributed by atoms with Crippen LogP contribution in [-0.2, 0) is 77.2 Å². The molecule has 24 nitrogen and oxygen atoms in total. The number of amides is 8. The van der Waals surface area contributed by atoms with Crippen molar-refractivity contribution in [1.82, 2.24) is 19.6 Å². The Balaban J connectivity index is 0.000000561. The van der Waals surface area contributed by atoms with Gasteiger partial charge in [-0.3, -0.25) is 67.5 Å². The predicted octanol–water partition coefficient (Wildman–Crippen LogP) is 8.26. The standard InChI is InChI=1S/4C14H15NO4.2C4H8O2.2Rh/c4*1-14(2,3)10(13(18)19)15-11(16)8-6-4-5-7-9(8)12(15)17;2*1-3-6-4(2)5;;/h4*4-7,10H,1-3H3,(H,18,19);2*3H2,1-2H3;;/t4*10-;;;;/m1100..../s1. The summed E-state index contributed by atoms with van der Waals surface area (Å²) in [5.74, 6) is -9.45. The van der Waals surface area contributed by atoms with E-state index in [1.165, 1.54) is 62.4 Å². The summed E-state index contributed by atoms with van der Waals surface area (Å²) in [6, 6.07) is 20.8. The average Bonchev–Trinajstić information content (AvgIpc) is 4.22. The Kier molecular flexibility index (Phi) is 28.5. The Morgan fingerprint density at radius 2 is 0.444 bits per heavy atom. The third-order valence-corrected chi connectivity index (χ3v) is 13.2. The average molecular weight is 1430 g/mol. The molecule has 4 aromatic carbocycles. The summed E-state index contributed by atoms with van der Waals surface area (Å²) in [7, 11) is 0. The number of carboxylic acid groups (broad SMARTS) is 4. The van der Waals surface area contributed by atoms with E-state index in [1.54, 1.807) is 145 Å². The molecule has 0 fully saturated rings. The summed E-state index contributed by atoms with van der Waals surface area (Å²) in [6.07, 6.45) is 0. The molecule has 490 valence electrons. The van der Waals surface area contributed by atoms with Crippen LogP contribution in [0.2, 0.25) is 0 Å². The molecule has 8 rings (SSSR count). The fraction of sp³-hybridized carbons (Fsp3) is 0.406. The van der Waals surface area contributed by atoms with E-state index in [0.29, 0.717) is 13.2 Å². The molecule has 4 N–H and O–H groups in total. The van der Waals surface area contributed by atoms with Gasteiger partial charge >= 0.3 is 35.8 Å². The van der Waals surface area contributed by atoms with Crippen LogP contribution in [-0.4, -0.2) is 160 Å². The quantitative estimate of drug-likeness (QED) is 0.0659. The van der Waals surface area contributed by atoms with E-state index < -0.39 is 117 Å².